The zero-order valence-electron chi connectivity index (χ0n) is 11.1. The number of anilines is 1. The molecule has 0 heterocycles. The molecule has 1 amide bonds. The normalized spacial score (nSPS) is 12.5. The van der Waals surface area contributed by atoms with Gasteiger partial charge in [-0.15, -0.1) is 0 Å². The molecule has 1 rings (SSSR count). The van der Waals surface area contributed by atoms with Gasteiger partial charge in [-0.1, -0.05) is 0 Å². The molecule has 1 unspecified atom stereocenters. The van der Waals surface area contributed by atoms with Crippen molar-refractivity contribution in [2.45, 2.75) is 6.10 Å². The number of methoxy groups -OCH3 is 1. The number of benzene rings is 1. The second-order valence-electron chi connectivity index (χ2n) is 4.36. The van der Waals surface area contributed by atoms with Crippen LogP contribution in [0.2, 0.25) is 0 Å². The van der Waals surface area contributed by atoms with Gasteiger partial charge in [-0.2, -0.15) is 0 Å². The lowest BCUT2D eigenvalue weighted by Gasteiger charge is -2.19. The van der Waals surface area contributed by atoms with Gasteiger partial charge in [-0.3, -0.25) is 9.69 Å². The first-order chi connectivity index (χ1) is 9.01. The zero-order chi connectivity index (χ0) is 14.3. The van der Waals surface area contributed by atoms with Crippen molar-refractivity contribution in [1.29, 1.82) is 0 Å². The van der Waals surface area contributed by atoms with E-state index < -0.39 is 6.10 Å². The number of likely N-dealkylation sites (N-methyl/N-ethyl adjacent to an activating group) is 1. The molecule has 0 aliphatic rings. The Hall–Kier alpha value is -1.50. The first-order valence-electron chi connectivity index (χ1n) is 5.92. The van der Waals surface area contributed by atoms with E-state index in [1.807, 2.05) is 0 Å². The van der Waals surface area contributed by atoms with E-state index in [0.29, 0.717) is 12.2 Å². The molecule has 19 heavy (non-hydrogen) atoms. The second kappa shape index (κ2) is 7.83. The Bertz CT molecular complexity index is 397. The average Bonchev–Trinajstić information content (AvgIpc) is 2.32. The van der Waals surface area contributed by atoms with E-state index in [2.05, 4.69) is 5.32 Å². The topological polar surface area (TPSA) is 61.8 Å². The Morgan fingerprint density at radius 2 is 2.11 bits per heavy atom. The summed E-state index contributed by atoms with van der Waals surface area (Å²) in [6, 6.07) is 5.54. The van der Waals surface area contributed by atoms with Crippen LogP contribution >= 0.6 is 0 Å². The van der Waals surface area contributed by atoms with Gasteiger partial charge in [0.25, 0.3) is 0 Å². The molecule has 2 N–H and O–H groups in total. The predicted octanol–water partition coefficient (Wildman–Crippen LogP) is 0.703. The number of carbonyl (C=O) groups is 1. The van der Waals surface area contributed by atoms with Gasteiger partial charge in [0.2, 0.25) is 5.91 Å². The summed E-state index contributed by atoms with van der Waals surface area (Å²) >= 11 is 0. The quantitative estimate of drug-likeness (QED) is 0.766. The summed E-state index contributed by atoms with van der Waals surface area (Å²) in [6.07, 6.45) is -0.631. The maximum atomic E-state index is 12.7. The lowest BCUT2D eigenvalue weighted by atomic mass is 10.3. The summed E-state index contributed by atoms with van der Waals surface area (Å²) in [5.41, 5.74) is 0.539. The molecule has 0 radical (unpaired) electrons. The molecule has 5 nitrogen and oxygen atoms in total. The monoisotopic (exact) mass is 270 g/mol. The molecule has 1 atom stereocenters. The molecule has 106 valence electrons. The number of aliphatic hydroxyl groups excluding tert-OH is 1. The van der Waals surface area contributed by atoms with E-state index in [1.54, 1.807) is 11.9 Å². The van der Waals surface area contributed by atoms with Crippen LogP contribution in [0.4, 0.5) is 10.1 Å². The minimum atomic E-state index is -0.631. The smallest absolute Gasteiger partial charge is 0.238 e. The Labute approximate surface area is 112 Å². The summed E-state index contributed by atoms with van der Waals surface area (Å²) in [5.74, 6) is -0.573. The molecule has 6 heteroatoms. The molecule has 0 saturated carbocycles. The molecule has 0 bridgehead atoms. The predicted molar refractivity (Wildman–Crippen MR) is 70.4 cm³/mol. The lowest BCUT2D eigenvalue weighted by Crippen LogP contribution is -2.37. The van der Waals surface area contributed by atoms with Gasteiger partial charge in [0.15, 0.2) is 0 Å². The number of amides is 1. The first kappa shape index (κ1) is 15.6. The molecular weight excluding hydrogens is 251 g/mol. The second-order valence-corrected chi connectivity index (χ2v) is 4.36. The Morgan fingerprint density at radius 1 is 1.47 bits per heavy atom. The number of aliphatic hydroxyl groups is 1. The highest BCUT2D eigenvalue weighted by molar-refractivity contribution is 5.92. The van der Waals surface area contributed by atoms with Crippen LogP contribution in [0.25, 0.3) is 0 Å². The third kappa shape index (κ3) is 6.28. The number of carbonyl (C=O) groups excluding carboxylic acids is 1. The van der Waals surface area contributed by atoms with Crippen molar-refractivity contribution in [2.75, 3.05) is 39.2 Å². The van der Waals surface area contributed by atoms with Crippen LogP contribution in [0.5, 0.6) is 0 Å². The van der Waals surface area contributed by atoms with Gasteiger partial charge in [0.05, 0.1) is 19.3 Å². The summed E-state index contributed by atoms with van der Waals surface area (Å²) in [5, 5.41) is 12.2. The highest BCUT2D eigenvalue weighted by Crippen LogP contribution is 2.08. The van der Waals surface area contributed by atoms with Gasteiger partial charge in [-0.05, 0) is 31.3 Å². The third-order valence-electron chi connectivity index (χ3n) is 2.42. The zero-order valence-corrected chi connectivity index (χ0v) is 11.1. The number of nitrogens with one attached hydrogen (secondary N) is 1. The van der Waals surface area contributed by atoms with Crippen LogP contribution in [-0.4, -0.2) is 55.9 Å². The van der Waals surface area contributed by atoms with E-state index >= 15 is 0 Å². The van der Waals surface area contributed by atoms with Gasteiger partial charge in [0.1, 0.15) is 5.82 Å². The fourth-order valence-corrected chi connectivity index (χ4v) is 1.65. The van der Waals surface area contributed by atoms with Gasteiger partial charge < -0.3 is 15.2 Å². The van der Waals surface area contributed by atoms with Crippen molar-refractivity contribution in [3.8, 4) is 0 Å². The van der Waals surface area contributed by atoms with Crippen LogP contribution in [0.3, 0.4) is 0 Å². The largest absolute Gasteiger partial charge is 0.389 e. The standard InChI is InChI=1S/C13H19FN2O3/c1-16(7-12(17)9-19-2)8-13(18)15-11-5-3-10(14)4-6-11/h3-6,12,17H,7-9H2,1-2H3,(H,15,18). The SMILES string of the molecule is COCC(O)CN(C)CC(=O)Nc1ccc(F)cc1. The molecule has 0 saturated heterocycles. The van der Waals surface area contributed by atoms with Crippen molar-refractivity contribution in [3.05, 3.63) is 30.1 Å². The Kier molecular flexibility index (Phi) is 6.41. The van der Waals surface area contributed by atoms with E-state index in [-0.39, 0.29) is 24.9 Å². The van der Waals surface area contributed by atoms with Crippen LogP contribution in [-0.2, 0) is 9.53 Å². The lowest BCUT2D eigenvalue weighted by molar-refractivity contribution is -0.117. The maximum Gasteiger partial charge on any atom is 0.238 e. The van der Waals surface area contributed by atoms with Gasteiger partial charge in [-0.25, -0.2) is 4.39 Å². The van der Waals surface area contributed by atoms with Crippen LogP contribution in [0.15, 0.2) is 24.3 Å². The number of hydrogen-bond donors (Lipinski definition) is 2. The number of halogens is 1. The van der Waals surface area contributed by atoms with E-state index in [9.17, 15) is 14.3 Å². The van der Waals surface area contributed by atoms with Crippen molar-refractivity contribution in [3.63, 3.8) is 0 Å². The highest BCUT2D eigenvalue weighted by Gasteiger charge is 2.11. The average molecular weight is 270 g/mol. The number of ether oxygens (including phenoxy) is 1. The molecule has 0 aliphatic heterocycles. The van der Waals surface area contributed by atoms with Crippen molar-refractivity contribution >= 4 is 11.6 Å². The molecular formula is C13H19FN2O3. The van der Waals surface area contributed by atoms with E-state index in [1.165, 1.54) is 31.4 Å². The highest BCUT2D eigenvalue weighted by atomic mass is 19.1. The number of nitrogens with zero attached hydrogens (tertiary/aromatic N) is 1. The number of hydrogen-bond acceptors (Lipinski definition) is 4. The van der Waals surface area contributed by atoms with Crippen molar-refractivity contribution in [1.82, 2.24) is 4.90 Å². The molecule has 0 fully saturated rings. The molecule has 0 aromatic heterocycles. The Morgan fingerprint density at radius 3 is 2.68 bits per heavy atom. The van der Waals surface area contributed by atoms with Crippen molar-refractivity contribution < 1.29 is 19.0 Å². The summed E-state index contributed by atoms with van der Waals surface area (Å²) in [4.78, 5) is 13.4. The first-order valence-corrected chi connectivity index (χ1v) is 5.92. The minimum absolute atomic E-state index is 0.137. The number of rotatable bonds is 7. The van der Waals surface area contributed by atoms with E-state index in [4.69, 9.17) is 4.74 Å². The minimum Gasteiger partial charge on any atom is -0.389 e. The van der Waals surface area contributed by atoms with E-state index in [0.717, 1.165) is 0 Å². The van der Waals surface area contributed by atoms with Crippen LogP contribution < -0.4 is 5.32 Å². The van der Waals surface area contributed by atoms with Crippen LogP contribution in [0.1, 0.15) is 0 Å². The molecule has 1 aromatic rings. The maximum absolute atomic E-state index is 12.7. The summed E-state index contributed by atoms with van der Waals surface area (Å²) in [6.45, 7) is 0.701. The Balaban J connectivity index is 2.36. The molecule has 0 spiro atoms. The van der Waals surface area contributed by atoms with Gasteiger partial charge >= 0.3 is 0 Å². The van der Waals surface area contributed by atoms with Crippen molar-refractivity contribution in [2.24, 2.45) is 0 Å². The molecule has 0 aliphatic carbocycles. The summed E-state index contributed by atoms with van der Waals surface area (Å²) < 4.78 is 17.5. The van der Waals surface area contributed by atoms with Crippen LogP contribution in [0, 0.1) is 5.82 Å². The fourth-order valence-electron chi connectivity index (χ4n) is 1.65. The third-order valence-corrected chi connectivity index (χ3v) is 2.42. The molecule has 1 aromatic carbocycles. The fraction of sp³-hybridized carbons (Fsp3) is 0.462. The summed E-state index contributed by atoms with van der Waals surface area (Å²) in [7, 11) is 3.23. The van der Waals surface area contributed by atoms with Gasteiger partial charge in [0, 0.05) is 19.3 Å².